The van der Waals surface area contributed by atoms with Crippen molar-refractivity contribution in [1.82, 2.24) is 9.47 Å². The Bertz CT molecular complexity index is 1510. The fraction of sp³-hybridized carbons (Fsp3) is 0.367. The first-order valence-electron chi connectivity index (χ1n) is 13.2. The van der Waals surface area contributed by atoms with E-state index in [1.165, 1.54) is 22.4 Å². The minimum Gasteiger partial charge on any atom is -0.503 e. The van der Waals surface area contributed by atoms with E-state index in [2.05, 4.69) is 12.1 Å². The summed E-state index contributed by atoms with van der Waals surface area (Å²) in [5.41, 5.74) is 0.0609. The van der Waals surface area contributed by atoms with Gasteiger partial charge in [0.25, 0.3) is 5.91 Å². The predicted octanol–water partition coefficient (Wildman–Crippen LogP) is 4.41. The number of pyridine rings is 1. The number of fused-ring (bicyclic) bond motifs is 4. The van der Waals surface area contributed by atoms with Crippen LogP contribution in [0, 0.1) is 17.6 Å². The van der Waals surface area contributed by atoms with E-state index in [-0.39, 0.29) is 48.2 Å². The molecule has 202 valence electrons. The Morgan fingerprint density at radius 2 is 1.87 bits per heavy atom. The van der Waals surface area contributed by atoms with Crippen molar-refractivity contribution in [3.05, 3.63) is 99.0 Å². The number of ketones is 1. The molecule has 2 fully saturated rings. The van der Waals surface area contributed by atoms with Gasteiger partial charge in [-0.25, -0.2) is 8.78 Å². The summed E-state index contributed by atoms with van der Waals surface area (Å²) in [4.78, 5) is 41.2. The molecule has 2 aliphatic heterocycles. The first kappa shape index (κ1) is 25.4. The first-order valence-corrected chi connectivity index (χ1v) is 13.2. The van der Waals surface area contributed by atoms with E-state index in [4.69, 9.17) is 4.74 Å². The highest BCUT2D eigenvalue weighted by Gasteiger charge is 2.48. The number of carbonyl (C=O) groups excluding carboxylic acids is 2. The molecular formula is C30H28F2N2O5. The van der Waals surface area contributed by atoms with Gasteiger partial charge in [-0.2, -0.15) is 0 Å². The van der Waals surface area contributed by atoms with Crippen LogP contribution in [0.4, 0.5) is 8.78 Å². The lowest BCUT2D eigenvalue weighted by Crippen LogP contribution is -2.61. The molecule has 3 aliphatic rings. The average molecular weight is 535 g/mol. The second-order valence-corrected chi connectivity index (χ2v) is 10.6. The summed E-state index contributed by atoms with van der Waals surface area (Å²) in [6, 6.07) is 13.3. The number of amides is 1. The zero-order chi connectivity index (χ0) is 27.3. The number of nitrogens with zero attached hydrogens (tertiary/aromatic N) is 2. The van der Waals surface area contributed by atoms with Gasteiger partial charge in [0.05, 0.1) is 18.7 Å². The van der Waals surface area contributed by atoms with Crippen molar-refractivity contribution in [2.45, 2.75) is 56.8 Å². The molecule has 1 saturated heterocycles. The third kappa shape index (κ3) is 4.54. The van der Waals surface area contributed by atoms with Crippen LogP contribution in [0.25, 0.3) is 0 Å². The molecule has 2 aromatic carbocycles. The molecule has 0 radical (unpaired) electrons. The summed E-state index contributed by atoms with van der Waals surface area (Å²) in [5, 5.41) is 10.8. The molecule has 1 N–H and O–H groups in total. The molecule has 39 heavy (non-hydrogen) atoms. The van der Waals surface area contributed by atoms with Gasteiger partial charge < -0.3 is 19.3 Å². The summed E-state index contributed by atoms with van der Waals surface area (Å²) >= 11 is 0. The average Bonchev–Trinajstić information content (AvgIpc) is 2.94. The third-order valence-electron chi connectivity index (χ3n) is 8.37. The van der Waals surface area contributed by atoms with Gasteiger partial charge >= 0.3 is 0 Å². The molecule has 0 unspecified atom stereocenters. The Morgan fingerprint density at radius 1 is 1.08 bits per heavy atom. The number of aromatic nitrogens is 1. The van der Waals surface area contributed by atoms with Gasteiger partial charge in [0.1, 0.15) is 11.6 Å². The maximum Gasteiger partial charge on any atom is 0.276 e. The topological polar surface area (TPSA) is 88.8 Å². The van der Waals surface area contributed by atoms with E-state index in [1.54, 1.807) is 4.90 Å². The van der Waals surface area contributed by atoms with Crippen LogP contribution in [-0.2, 0) is 17.7 Å². The molecule has 9 heteroatoms. The van der Waals surface area contributed by atoms with Crippen molar-refractivity contribution in [2.24, 2.45) is 5.92 Å². The number of Topliss-reactive ketones (excluding diaryl/α,β-unsaturated/α-hetero) is 1. The largest absolute Gasteiger partial charge is 0.503 e. The lowest BCUT2D eigenvalue weighted by Gasteiger charge is -2.51. The van der Waals surface area contributed by atoms with Crippen molar-refractivity contribution < 1.29 is 28.2 Å². The van der Waals surface area contributed by atoms with Gasteiger partial charge in [-0.1, -0.05) is 36.4 Å². The predicted molar refractivity (Wildman–Crippen MR) is 138 cm³/mol. The van der Waals surface area contributed by atoms with E-state index in [1.807, 2.05) is 18.2 Å². The molecule has 1 aromatic heterocycles. The van der Waals surface area contributed by atoms with E-state index in [0.717, 1.165) is 31.4 Å². The second-order valence-electron chi connectivity index (χ2n) is 10.6. The van der Waals surface area contributed by atoms with Crippen molar-refractivity contribution in [1.29, 1.82) is 0 Å². The third-order valence-corrected chi connectivity index (χ3v) is 8.37. The smallest absolute Gasteiger partial charge is 0.276 e. The van der Waals surface area contributed by atoms with E-state index >= 15 is 0 Å². The maximum atomic E-state index is 14.0. The Hall–Kier alpha value is -3.85. The molecule has 1 amide bonds. The molecule has 7 nitrogen and oxygen atoms in total. The summed E-state index contributed by atoms with van der Waals surface area (Å²) < 4.78 is 34.7. The summed E-state index contributed by atoms with van der Waals surface area (Å²) in [6.07, 6.45) is 3.04. The van der Waals surface area contributed by atoms with Crippen LogP contribution in [0.15, 0.2) is 59.5 Å². The molecule has 1 aliphatic carbocycles. The van der Waals surface area contributed by atoms with Crippen LogP contribution in [0.2, 0.25) is 0 Å². The van der Waals surface area contributed by atoms with Gasteiger partial charge in [0, 0.05) is 30.6 Å². The minimum absolute atomic E-state index is 0.0433. The van der Waals surface area contributed by atoms with Gasteiger partial charge in [0.15, 0.2) is 23.5 Å². The Labute approximate surface area is 223 Å². The Balaban J connectivity index is 1.23. The highest BCUT2D eigenvalue weighted by Crippen LogP contribution is 2.43. The fourth-order valence-electron chi connectivity index (χ4n) is 6.39. The van der Waals surface area contributed by atoms with Crippen LogP contribution in [-0.4, -0.2) is 45.1 Å². The van der Waals surface area contributed by atoms with Crippen molar-refractivity contribution in [3.63, 3.8) is 0 Å². The van der Waals surface area contributed by atoms with Gasteiger partial charge in [0.2, 0.25) is 5.43 Å². The van der Waals surface area contributed by atoms with E-state index in [9.17, 15) is 28.3 Å². The number of ether oxygens (including phenoxy) is 1. The maximum absolute atomic E-state index is 14.0. The Kier molecular flexibility index (Phi) is 6.54. The number of rotatable bonds is 5. The molecule has 6 rings (SSSR count). The van der Waals surface area contributed by atoms with Crippen LogP contribution >= 0.6 is 0 Å². The van der Waals surface area contributed by atoms with Gasteiger partial charge in [-0.3, -0.25) is 14.4 Å². The van der Waals surface area contributed by atoms with Gasteiger partial charge in [-0.15, -0.1) is 0 Å². The highest BCUT2D eigenvalue weighted by molar-refractivity contribution is 6.00. The summed E-state index contributed by atoms with van der Waals surface area (Å²) in [7, 11) is 0. The number of carbonyl (C=O) groups is 2. The minimum atomic E-state index is -0.931. The van der Waals surface area contributed by atoms with Crippen LogP contribution < -0.4 is 5.43 Å². The first-order chi connectivity index (χ1) is 18.8. The molecule has 3 heterocycles. The quantitative estimate of drug-likeness (QED) is 0.490. The monoisotopic (exact) mass is 534 g/mol. The Morgan fingerprint density at radius 3 is 2.64 bits per heavy atom. The molecule has 1 saturated carbocycles. The number of aryl methyl sites for hydroxylation is 1. The number of halogens is 2. The lowest BCUT2D eigenvalue weighted by atomic mass is 9.74. The standard InChI is InChI=1S/C30H28F2N2O5/c31-21-9-6-18(23(32)13-21)8-11-25(35)22-14-33-15-26-34(30(38)27(33)29(37)28(22)36)24-10-7-19(12-20(24)16-39-26)17-4-2-1-3-5-17/h1-6,9,13-14,19-20,24,26,37H,7-8,10-12,15-16H2/t19-,20-,24-,26+/m0/s1. The number of hydrogen-bond acceptors (Lipinski definition) is 5. The number of hydrogen-bond donors (Lipinski definition) is 1. The second kappa shape index (κ2) is 10.0. The molecule has 3 aromatic rings. The van der Waals surface area contributed by atoms with Crippen molar-refractivity contribution >= 4 is 11.7 Å². The van der Waals surface area contributed by atoms with E-state index in [0.29, 0.717) is 12.5 Å². The SMILES string of the molecule is O=C(CCc1ccc(F)cc1F)c1cn2c(c(O)c1=O)C(=O)N1[C@@H](C2)OC[C@@H]2C[C@@H](c3ccccc3)CC[C@@H]21. The van der Waals surface area contributed by atoms with Crippen LogP contribution in [0.3, 0.4) is 0 Å². The normalized spacial score (nSPS) is 24.1. The lowest BCUT2D eigenvalue weighted by molar-refractivity contribution is -0.151. The van der Waals surface area contributed by atoms with Crippen LogP contribution in [0.5, 0.6) is 5.75 Å². The molecule has 0 spiro atoms. The van der Waals surface area contributed by atoms with Crippen LogP contribution in [0.1, 0.15) is 63.6 Å². The zero-order valence-electron chi connectivity index (χ0n) is 21.2. The highest BCUT2D eigenvalue weighted by atomic mass is 19.1. The molecule has 4 atom stereocenters. The molecular weight excluding hydrogens is 506 g/mol. The van der Waals surface area contributed by atoms with Crippen molar-refractivity contribution in [2.75, 3.05) is 6.61 Å². The van der Waals surface area contributed by atoms with Crippen molar-refractivity contribution in [3.8, 4) is 5.75 Å². The summed E-state index contributed by atoms with van der Waals surface area (Å²) in [5.74, 6) is -2.83. The number of aromatic hydroxyl groups is 1. The van der Waals surface area contributed by atoms with Gasteiger partial charge in [-0.05, 0) is 48.8 Å². The van der Waals surface area contributed by atoms with E-state index < -0.39 is 40.7 Å². The molecule has 0 bridgehead atoms. The zero-order valence-corrected chi connectivity index (χ0v) is 21.2. The summed E-state index contributed by atoms with van der Waals surface area (Å²) in [6.45, 7) is 0.673. The number of benzene rings is 2. The fourth-order valence-corrected chi connectivity index (χ4v) is 6.39.